The molecule has 1 fully saturated rings. The summed E-state index contributed by atoms with van der Waals surface area (Å²) in [6, 6.07) is -0.967. The number of rotatable bonds is 2. The van der Waals surface area contributed by atoms with Crippen LogP contribution in [0.5, 0.6) is 0 Å². The first-order chi connectivity index (χ1) is 8.34. The molecule has 3 rings (SSSR count). The number of hydrogen-bond donors (Lipinski definition) is 3. The van der Waals surface area contributed by atoms with Crippen LogP contribution in [0.3, 0.4) is 0 Å². The van der Waals surface area contributed by atoms with Gasteiger partial charge in [-0.15, -0.1) is 0 Å². The smallest absolute Gasteiger partial charge is 0.224 e. The highest BCUT2D eigenvalue weighted by molar-refractivity contribution is 5.83. The van der Waals surface area contributed by atoms with Gasteiger partial charge in [0.05, 0.1) is 6.33 Å². The topological polar surface area (TPSA) is 92.5 Å². The van der Waals surface area contributed by atoms with Crippen molar-refractivity contribution in [3.63, 3.8) is 0 Å². The van der Waals surface area contributed by atoms with Crippen molar-refractivity contribution in [1.82, 2.24) is 19.9 Å². The van der Waals surface area contributed by atoms with Gasteiger partial charge in [0.1, 0.15) is 5.52 Å². The first kappa shape index (κ1) is 4.59. The van der Waals surface area contributed by atoms with Gasteiger partial charge in [-0.2, -0.15) is 9.97 Å². The zero-order valence-electron chi connectivity index (χ0n) is 11.1. The van der Waals surface area contributed by atoms with Crippen LogP contribution in [0.25, 0.3) is 11.2 Å². The molecule has 0 radical (unpaired) electrons. The maximum Gasteiger partial charge on any atom is 0.224 e. The molecule has 14 heavy (non-hydrogen) atoms. The molecule has 6 heteroatoms. The molecular weight excluding hydrogens is 180 g/mol. The van der Waals surface area contributed by atoms with Crippen molar-refractivity contribution < 1.29 is 5.48 Å². The molecule has 0 aromatic carbocycles. The van der Waals surface area contributed by atoms with Crippen molar-refractivity contribution in [2.45, 2.75) is 18.8 Å². The number of nitrogens with one attached hydrogen (secondary N) is 2. The normalized spacial score (nSPS) is 27.4. The molecule has 4 N–H and O–H groups in total. The average molecular weight is 194 g/mol. The molecule has 0 saturated heterocycles. The summed E-state index contributed by atoms with van der Waals surface area (Å²) < 4.78 is 30.0. The largest absolute Gasteiger partial charge is 0.368 e. The summed E-state index contributed by atoms with van der Waals surface area (Å²) >= 11 is 0. The van der Waals surface area contributed by atoms with E-state index in [4.69, 9.17) is 11.2 Å². The van der Waals surface area contributed by atoms with Crippen molar-refractivity contribution in [3.05, 3.63) is 6.33 Å². The molecule has 0 atom stereocenters. The summed E-state index contributed by atoms with van der Waals surface area (Å²) in [4.78, 5) is 14.6. The Labute approximate surface area is 85.6 Å². The first-order valence-corrected chi connectivity index (χ1v) is 4.07. The summed E-state index contributed by atoms with van der Waals surface area (Å²) in [6.45, 7) is 0. The van der Waals surface area contributed by atoms with E-state index in [9.17, 15) is 0 Å². The Bertz CT molecular complexity index is 609. The molecule has 0 unspecified atom stereocenters. The van der Waals surface area contributed by atoms with E-state index in [2.05, 4.69) is 25.3 Å². The van der Waals surface area contributed by atoms with Crippen LogP contribution in [0.4, 0.5) is 11.8 Å². The van der Waals surface area contributed by atoms with E-state index < -0.39 is 18.8 Å². The molecule has 2 aromatic heterocycles. The third kappa shape index (κ3) is 1.15. The lowest BCUT2D eigenvalue weighted by Crippen LogP contribution is -2.06. The Morgan fingerprint density at radius 1 is 1.57 bits per heavy atom. The van der Waals surface area contributed by atoms with Crippen LogP contribution in [0, 0.1) is 0 Å². The Morgan fingerprint density at radius 3 is 3.21 bits per heavy atom. The first-order valence-electron chi connectivity index (χ1n) is 6.07. The van der Waals surface area contributed by atoms with Crippen LogP contribution >= 0.6 is 0 Å². The van der Waals surface area contributed by atoms with Crippen LogP contribution in [0.2, 0.25) is 0 Å². The van der Waals surface area contributed by atoms with Crippen molar-refractivity contribution in [3.8, 4) is 0 Å². The van der Waals surface area contributed by atoms with E-state index in [1.165, 1.54) is 6.33 Å². The van der Waals surface area contributed by atoms with Gasteiger partial charge in [0.15, 0.2) is 11.5 Å². The highest BCUT2D eigenvalue weighted by Gasteiger charge is 2.23. The predicted octanol–water partition coefficient (Wildman–Crippen LogP) is 0.509. The Balaban J connectivity index is 1.99. The zero-order valence-corrected chi connectivity index (χ0v) is 7.07. The van der Waals surface area contributed by atoms with E-state index in [1.54, 1.807) is 0 Å². The second-order valence-electron chi connectivity index (χ2n) is 2.90. The van der Waals surface area contributed by atoms with Gasteiger partial charge in [0.25, 0.3) is 0 Å². The summed E-state index contributed by atoms with van der Waals surface area (Å²) in [6.07, 6.45) is -2.45. The molecule has 2 heterocycles. The fraction of sp³-hybridized carbons (Fsp3) is 0.375. The number of aromatic amines is 1. The average Bonchev–Trinajstić information content (AvgIpc) is 2.68. The minimum Gasteiger partial charge on any atom is -0.368 e. The van der Waals surface area contributed by atoms with Crippen molar-refractivity contribution in [2.24, 2.45) is 0 Å². The number of nitrogens with zero attached hydrogens (tertiary/aromatic N) is 3. The Morgan fingerprint density at radius 2 is 2.43 bits per heavy atom. The van der Waals surface area contributed by atoms with Gasteiger partial charge in [-0.3, -0.25) is 0 Å². The zero-order chi connectivity index (χ0) is 13.1. The van der Waals surface area contributed by atoms with Crippen LogP contribution in [-0.4, -0.2) is 26.0 Å². The van der Waals surface area contributed by atoms with E-state index in [0.29, 0.717) is 11.2 Å². The SMILES string of the molecule is [2H]C1([2H])C(Nc2nc(N)nc3nc[nH]c23)C1([2H])[2H]. The number of imidazole rings is 1. The molecule has 2 aromatic rings. The molecule has 0 bridgehead atoms. The van der Waals surface area contributed by atoms with E-state index in [-0.39, 0.29) is 11.8 Å². The molecule has 1 saturated carbocycles. The Kier molecular flexibility index (Phi) is 0.841. The van der Waals surface area contributed by atoms with Crippen LogP contribution < -0.4 is 11.1 Å². The molecule has 1 aliphatic rings. The number of aromatic nitrogens is 4. The third-order valence-corrected chi connectivity index (χ3v) is 1.87. The molecule has 0 spiro atoms. The van der Waals surface area contributed by atoms with E-state index >= 15 is 0 Å². The van der Waals surface area contributed by atoms with Gasteiger partial charge in [0.2, 0.25) is 5.95 Å². The minimum atomic E-state index is -1.93. The van der Waals surface area contributed by atoms with Crippen LogP contribution in [0.15, 0.2) is 6.33 Å². The van der Waals surface area contributed by atoms with Crippen molar-refractivity contribution >= 4 is 22.9 Å². The lowest BCUT2D eigenvalue weighted by atomic mass is 10.4. The summed E-state index contributed by atoms with van der Waals surface area (Å²) in [5.74, 6) is 0.254. The summed E-state index contributed by atoms with van der Waals surface area (Å²) in [5.41, 5.74) is 6.34. The molecule has 0 amide bonds. The van der Waals surface area contributed by atoms with Crippen LogP contribution in [-0.2, 0) is 0 Å². The predicted molar refractivity (Wildman–Crippen MR) is 52.7 cm³/mol. The highest BCUT2D eigenvalue weighted by Crippen LogP contribution is 2.26. The monoisotopic (exact) mass is 194 g/mol. The molecule has 1 aliphatic carbocycles. The molecular formula is C8H10N6. The van der Waals surface area contributed by atoms with Gasteiger partial charge < -0.3 is 16.0 Å². The fourth-order valence-corrected chi connectivity index (χ4v) is 1.21. The number of anilines is 2. The summed E-state index contributed by atoms with van der Waals surface area (Å²) in [5, 5.41) is 2.71. The second-order valence-corrected chi connectivity index (χ2v) is 2.90. The standard InChI is InChI=1S/C8H10N6/c9-8-13-6-5(10-3-11-6)7(14-8)12-4-1-2-4/h3-4H,1-2H2,(H4,9,10,11,12,13,14)/i1D2,2D2. The number of H-pyrrole nitrogens is 1. The minimum absolute atomic E-state index is 0.00104. The second kappa shape index (κ2) is 2.57. The molecule has 6 nitrogen and oxygen atoms in total. The summed E-state index contributed by atoms with van der Waals surface area (Å²) in [7, 11) is 0. The van der Waals surface area contributed by atoms with Crippen molar-refractivity contribution in [2.75, 3.05) is 11.1 Å². The highest BCUT2D eigenvalue weighted by atomic mass is 15.1. The maximum atomic E-state index is 7.51. The van der Waals surface area contributed by atoms with E-state index in [0.717, 1.165) is 0 Å². The lowest BCUT2D eigenvalue weighted by molar-refractivity contribution is 1.10. The number of nitrogens with two attached hydrogens (primary N) is 1. The molecule has 0 aliphatic heterocycles. The number of hydrogen-bond acceptors (Lipinski definition) is 5. The third-order valence-electron chi connectivity index (χ3n) is 1.87. The van der Waals surface area contributed by atoms with Crippen molar-refractivity contribution in [1.29, 1.82) is 0 Å². The Hall–Kier alpha value is -1.85. The lowest BCUT2D eigenvalue weighted by Gasteiger charge is -2.04. The quantitative estimate of drug-likeness (QED) is 0.647. The van der Waals surface area contributed by atoms with Gasteiger partial charge >= 0.3 is 0 Å². The molecule has 72 valence electrons. The van der Waals surface area contributed by atoms with Gasteiger partial charge in [0, 0.05) is 11.5 Å². The van der Waals surface area contributed by atoms with Crippen LogP contribution in [0.1, 0.15) is 18.2 Å². The maximum absolute atomic E-state index is 7.51. The number of nitrogen functional groups attached to an aromatic ring is 1. The number of fused-ring (bicyclic) bond motifs is 1. The van der Waals surface area contributed by atoms with Gasteiger partial charge in [-0.05, 0) is 12.7 Å². The fourth-order valence-electron chi connectivity index (χ4n) is 1.21. The van der Waals surface area contributed by atoms with E-state index in [1.807, 2.05) is 0 Å². The van der Waals surface area contributed by atoms with Gasteiger partial charge in [-0.1, -0.05) is 0 Å². The van der Waals surface area contributed by atoms with Gasteiger partial charge in [-0.25, -0.2) is 4.98 Å².